The van der Waals surface area contributed by atoms with Crippen LogP contribution >= 0.6 is 0 Å². The van der Waals surface area contributed by atoms with Crippen molar-refractivity contribution in [2.24, 2.45) is 0 Å². The summed E-state index contributed by atoms with van der Waals surface area (Å²) in [6, 6.07) is 4.59. The van der Waals surface area contributed by atoms with E-state index in [9.17, 15) is 35.7 Å². The van der Waals surface area contributed by atoms with Gasteiger partial charge in [-0.2, -0.15) is 0 Å². The second-order valence-electron chi connectivity index (χ2n) is 7.30. The van der Waals surface area contributed by atoms with Crippen LogP contribution in [-0.2, 0) is 9.47 Å². The molecular weight excluding hydrogens is 392 g/mol. The monoisotopic (exact) mass is 418 g/mol. The van der Waals surface area contributed by atoms with Gasteiger partial charge in [0.25, 0.3) is 0 Å². The molecule has 7 N–H and O–H groups in total. The maximum Gasteiger partial charge on any atom is 0.229 e. The number of hydrogen-bond acceptors (Lipinski definition) is 11. The molecule has 3 rings (SSSR count). The van der Waals surface area contributed by atoms with E-state index in [4.69, 9.17) is 18.9 Å². The van der Waals surface area contributed by atoms with Gasteiger partial charge < -0.3 is 54.7 Å². The Morgan fingerprint density at radius 2 is 1.59 bits per heavy atom. The first-order valence-electron chi connectivity index (χ1n) is 9.07. The molecular formula is C18H26O11. The van der Waals surface area contributed by atoms with Gasteiger partial charge in [-0.25, -0.2) is 0 Å². The third kappa shape index (κ3) is 4.48. The zero-order chi connectivity index (χ0) is 21.3. The summed E-state index contributed by atoms with van der Waals surface area (Å²) in [5.74, 6) is 0.380. The minimum absolute atomic E-state index is 0.175. The van der Waals surface area contributed by atoms with Crippen LogP contribution in [0.4, 0.5) is 0 Å². The third-order valence-corrected chi connectivity index (χ3v) is 4.96. The zero-order valence-corrected chi connectivity index (χ0v) is 15.7. The summed E-state index contributed by atoms with van der Waals surface area (Å²) < 4.78 is 21.6. The Bertz CT molecular complexity index is 698. The molecule has 2 aliphatic heterocycles. The lowest BCUT2D eigenvalue weighted by molar-refractivity contribution is -0.277. The molecule has 1 aromatic carbocycles. The number of aryl methyl sites for hydroxylation is 1. The highest BCUT2D eigenvalue weighted by molar-refractivity contribution is 5.38. The van der Waals surface area contributed by atoms with Crippen molar-refractivity contribution in [3.8, 4) is 11.5 Å². The summed E-state index contributed by atoms with van der Waals surface area (Å²) in [6.07, 6.45) is -9.85. The van der Waals surface area contributed by atoms with Gasteiger partial charge in [0, 0.05) is 6.07 Å². The average molecular weight is 418 g/mol. The van der Waals surface area contributed by atoms with Crippen LogP contribution in [0.25, 0.3) is 0 Å². The minimum atomic E-state index is -1.83. The highest BCUT2D eigenvalue weighted by atomic mass is 16.7. The Morgan fingerprint density at radius 3 is 2.14 bits per heavy atom. The van der Waals surface area contributed by atoms with Gasteiger partial charge in [0.15, 0.2) is 0 Å². The number of aliphatic hydroxyl groups excluding tert-OH is 6. The molecule has 0 aromatic heterocycles. The van der Waals surface area contributed by atoms with E-state index in [1.54, 1.807) is 19.1 Å². The number of rotatable bonds is 6. The van der Waals surface area contributed by atoms with E-state index in [0.717, 1.165) is 0 Å². The van der Waals surface area contributed by atoms with Crippen molar-refractivity contribution in [2.45, 2.75) is 55.6 Å². The van der Waals surface area contributed by atoms with E-state index in [2.05, 4.69) is 0 Å². The van der Waals surface area contributed by atoms with Crippen LogP contribution in [0, 0.1) is 6.92 Å². The van der Waals surface area contributed by atoms with E-state index in [0.29, 0.717) is 5.56 Å². The summed E-state index contributed by atoms with van der Waals surface area (Å²) >= 11 is 0. The molecule has 11 heteroatoms. The van der Waals surface area contributed by atoms with Crippen molar-refractivity contribution < 1.29 is 54.7 Å². The largest absolute Gasteiger partial charge is 0.462 e. The van der Waals surface area contributed by atoms with Crippen LogP contribution in [0.1, 0.15) is 5.56 Å². The Morgan fingerprint density at radius 1 is 0.966 bits per heavy atom. The van der Waals surface area contributed by atoms with Crippen molar-refractivity contribution in [3.63, 3.8) is 0 Å². The SMILES string of the molecule is Cc1cc(OC2OC(CO)C(O)C(O)C2O)cc(OC2OCC(O)(CO)C2O)c1. The summed E-state index contributed by atoms with van der Waals surface area (Å²) in [5, 5.41) is 68.4. The van der Waals surface area contributed by atoms with Crippen LogP contribution in [0.5, 0.6) is 11.5 Å². The molecule has 0 radical (unpaired) electrons. The molecule has 8 unspecified atom stereocenters. The lowest BCUT2D eigenvalue weighted by atomic mass is 9.99. The van der Waals surface area contributed by atoms with Gasteiger partial charge in [-0.05, 0) is 24.6 Å². The highest BCUT2D eigenvalue weighted by Gasteiger charge is 2.49. The maximum atomic E-state index is 10.1. The summed E-state index contributed by atoms with van der Waals surface area (Å²) in [6.45, 7) is 0.128. The van der Waals surface area contributed by atoms with Crippen molar-refractivity contribution in [1.29, 1.82) is 0 Å². The first kappa shape index (κ1) is 22.2. The van der Waals surface area contributed by atoms with E-state index in [1.807, 2.05) is 0 Å². The van der Waals surface area contributed by atoms with Crippen molar-refractivity contribution in [3.05, 3.63) is 23.8 Å². The predicted molar refractivity (Wildman–Crippen MR) is 94.0 cm³/mol. The Hall–Kier alpha value is -1.54. The van der Waals surface area contributed by atoms with Crippen LogP contribution in [0.15, 0.2) is 18.2 Å². The van der Waals surface area contributed by atoms with Crippen LogP contribution < -0.4 is 9.47 Å². The van der Waals surface area contributed by atoms with Gasteiger partial charge in [0.2, 0.25) is 12.6 Å². The van der Waals surface area contributed by atoms with E-state index >= 15 is 0 Å². The standard InChI is InChI=1S/C18H26O11/c1-8-2-9(27-16-14(23)13(22)12(21)11(5-19)29-16)4-10(3-8)28-17-15(24)18(25,6-20)7-26-17/h2-4,11-17,19-25H,5-7H2,1H3. The summed E-state index contributed by atoms with van der Waals surface area (Å²) in [4.78, 5) is 0. The number of aliphatic hydroxyl groups is 7. The molecule has 0 amide bonds. The van der Waals surface area contributed by atoms with E-state index in [1.165, 1.54) is 6.07 Å². The van der Waals surface area contributed by atoms with Gasteiger partial charge in [0.05, 0.1) is 19.8 Å². The average Bonchev–Trinajstić information content (AvgIpc) is 2.97. The molecule has 0 bridgehead atoms. The van der Waals surface area contributed by atoms with Gasteiger partial charge in [-0.3, -0.25) is 0 Å². The van der Waals surface area contributed by atoms with Gasteiger partial charge in [0.1, 0.15) is 47.6 Å². The molecule has 11 nitrogen and oxygen atoms in total. The predicted octanol–water partition coefficient (Wildman–Crippen LogP) is -3.01. The fourth-order valence-electron chi connectivity index (χ4n) is 3.18. The molecule has 2 saturated heterocycles. The molecule has 2 fully saturated rings. The first-order chi connectivity index (χ1) is 13.7. The molecule has 0 aliphatic carbocycles. The molecule has 2 aliphatic rings. The van der Waals surface area contributed by atoms with Crippen LogP contribution in [0.3, 0.4) is 0 Å². The molecule has 1 aromatic rings. The van der Waals surface area contributed by atoms with Crippen molar-refractivity contribution in [2.75, 3.05) is 19.8 Å². The second-order valence-corrected chi connectivity index (χ2v) is 7.30. The third-order valence-electron chi connectivity index (χ3n) is 4.96. The van der Waals surface area contributed by atoms with Crippen molar-refractivity contribution >= 4 is 0 Å². The van der Waals surface area contributed by atoms with Gasteiger partial charge in [-0.1, -0.05) is 0 Å². The van der Waals surface area contributed by atoms with Gasteiger partial charge >= 0.3 is 0 Å². The Labute approximate surface area is 166 Å². The highest BCUT2D eigenvalue weighted by Crippen LogP contribution is 2.31. The Kier molecular flexibility index (Phi) is 6.63. The zero-order valence-electron chi connectivity index (χ0n) is 15.7. The first-order valence-corrected chi connectivity index (χ1v) is 9.07. The topological polar surface area (TPSA) is 179 Å². The normalized spacial score (nSPS) is 40.1. The molecule has 0 saturated carbocycles. The van der Waals surface area contributed by atoms with Crippen molar-refractivity contribution in [1.82, 2.24) is 0 Å². The number of benzene rings is 1. The minimum Gasteiger partial charge on any atom is -0.462 e. The number of hydrogen-bond donors (Lipinski definition) is 7. The second kappa shape index (κ2) is 8.68. The van der Waals surface area contributed by atoms with Crippen LogP contribution in [0.2, 0.25) is 0 Å². The Balaban J connectivity index is 1.73. The molecule has 2 heterocycles. The molecule has 164 valence electrons. The molecule has 0 spiro atoms. The summed E-state index contributed by atoms with van der Waals surface area (Å²) in [7, 11) is 0. The van der Waals surface area contributed by atoms with Crippen LogP contribution in [-0.4, -0.2) is 104 Å². The lowest BCUT2D eigenvalue weighted by Gasteiger charge is -2.39. The smallest absolute Gasteiger partial charge is 0.229 e. The maximum absolute atomic E-state index is 10.1. The lowest BCUT2D eigenvalue weighted by Crippen LogP contribution is -2.60. The fraction of sp³-hybridized carbons (Fsp3) is 0.667. The summed E-state index contributed by atoms with van der Waals surface area (Å²) in [5.41, 5.74) is -1.16. The van der Waals surface area contributed by atoms with Gasteiger partial charge in [-0.15, -0.1) is 0 Å². The number of ether oxygens (including phenoxy) is 4. The fourth-order valence-corrected chi connectivity index (χ4v) is 3.18. The van der Waals surface area contributed by atoms with E-state index in [-0.39, 0.29) is 18.1 Å². The van der Waals surface area contributed by atoms with E-state index < -0.39 is 61.9 Å². The quantitative estimate of drug-likeness (QED) is 0.250. The molecule has 8 atom stereocenters. The molecule has 29 heavy (non-hydrogen) atoms.